The number of benzene rings is 2. The van der Waals surface area contributed by atoms with Crippen LogP contribution in [0.1, 0.15) is 27.0 Å². The fraction of sp³-hybridized carbons (Fsp3) is 0.235. The third-order valence-electron chi connectivity index (χ3n) is 4.08. The van der Waals surface area contributed by atoms with E-state index in [1.54, 1.807) is 12.1 Å². The van der Waals surface area contributed by atoms with Crippen molar-refractivity contribution in [3.63, 3.8) is 0 Å². The highest BCUT2D eigenvalue weighted by molar-refractivity contribution is 5.87. The first kappa shape index (κ1) is 13.2. The van der Waals surface area contributed by atoms with Crippen LogP contribution in [0.25, 0.3) is 0 Å². The van der Waals surface area contributed by atoms with E-state index < -0.39 is 5.97 Å². The van der Waals surface area contributed by atoms with Gasteiger partial charge in [-0.15, -0.1) is 0 Å². The van der Waals surface area contributed by atoms with Crippen molar-refractivity contribution in [3.8, 4) is 11.5 Å². The highest BCUT2D eigenvalue weighted by Crippen LogP contribution is 2.33. The van der Waals surface area contributed by atoms with Crippen LogP contribution in [-0.2, 0) is 19.6 Å². The first-order chi connectivity index (χ1) is 10.7. The number of carboxylic acid groups (broad SMARTS) is 1. The highest BCUT2D eigenvalue weighted by atomic mass is 16.7. The lowest BCUT2D eigenvalue weighted by atomic mass is 10.1. The Kier molecular flexibility index (Phi) is 3.01. The normalized spacial score (nSPS) is 15.8. The molecule has 5 nitrogen and oxygen atoms in total. The molecule has 112 valence electrons. The number of hydrogen-bond donors (Lipinski definition) is 1. The number of nitrogens with zero attached hydrogens (tertiary/aromatic N) is 1. The molecule has 2 aromatic rings. The van der Waals surface area contributed by atoms with Gasteiger partial charge >= 0.3 is 5.97 Å². The molecule has 4 rings (SSSR count). The van der Waals surface area contributed by atoms with Crippen LogP contribution in [0.4, 0.5) is 0 Å². The van der Waals surface area contributed by atoms with Gasteiger partial charge in [-0.25, -0.2) is 4.79 Å². The number of rotatable bonds is 3. The lowest BCUT2D eigenvalue weighted by Gasteiger charge is -2.15. The maximum atomic E-state index is 11.0. The van der Waals surface area contributed by atoms with Gasteiger partial charge in [0.25, 0.3) is 0 Å². The zero-order valence-corrected chi connectivity index (χ0v) is 11.9. The van der Waals surface area contributed by atoms with Gasteiger partial charge in [-0.2, -0.15) is 0 Å². The quantitative estimate of drug-likeness (QED) is 0.943. The van der Waals surface area contributed by atoms with Crippen molar-refractivity contribution in [2.45, 2.75) is 19.6 Å². The first-order valence-corrected chi connectivity index (χ1v) is 7.15. The van der Waals surface area contributed by atoms with Crippen molar-refractivity contribution in [3.05, 3.63) is 58.7 Å². The fourth-order valence-electron chi connectivity index (χ4n) is 3.01. The minimum atomic E-state index is -0.878. The van der Waals surface area contributed by atoms with Gasteiger partial charge < -0.3 is 14.6 Å². The molecule has 0 saturated carbocycles. The predicted octanol–water partition coefficient (Wildman–Crippen LogP) is 2.63. The van der Waals surface area contributed by atoms with Crippen molar-refractivity contribution in [1.29, 1.82) is 0 Å². The van der Waals surface area contributed by atoms with Gasteiger partial charge in [-0.05, 0) is 41.0 Å². The standard InChI is InChI=1S/C17H15NO4/c19-17(20)12-2-3-13-8-18(9-14(13)6-12)7-11-1-4-15-16(5-11)22-10-21-15/h1-6H,7-10H2,(H,19,20). The van der Waals surface area contributed by atoms with E-state index in [0.29, 0.717) is 5.56 Å². The van der Waals surface area contributed by atoms with E-state index in [2.05, 4.69) is 4.90 Å². The highest BCUT2D eigenvalue weighted by Gasteiger charge is 2.21. The molecule has 2 heterocycles. The van der Waals surface area contributed by atoms with Crippen LogP contribution in [0, 0.1) is 0 Å². The monoisotopic (exact) mass is 297 g/mol. The van der Waals surface area contributed by atoms with Crippen LogP contribution >= 0.6 is 0 Å². The second-order valence-electron chi connectivity index (χ2n) is 5.62. The van der Waals surface area contributed by atoms with Gasteiger partial charge in [0, 0.05) is 19.6 Å². The fourth-order valence-corrected chi connectivity index (χ4v) is 3.01. The lowest BCUT2D eigenvalue weighted by Crippen LogP contribution is -2.15. The van der Waals surface area contributed by atoms with Crippen LogP contribution < -0.4 is 9.47 Å². The molecule has 0 saturated heterocycles. The van der Waals surface area contributed by atoms with Gasteiger partial charge in [-0.1, -0.05) is 12.1 Å². The summed E-state index contributed by atoms with van der Waals surface area (Å²) in [5, 5.41) is 9.07. The van der Waals surface area contributed by atoms with Crippen LogP contribution in [0.15, 0.2) is 36.4 Å². The Morgan fingerprint density at radius 1 is 1.05 bits per heavy atom. The number of fused-ring (bicyclic) bond motifs is 2. The van der Waals surface area contributed by atoms with Gasteiger partial charge in [0.05, 0.1) is 5.56 Å². The second kappa shape index (κ2) is 5.03. The maximum absolute atomic E-state index is 11.0. The molecule has 0 amide bonds. The Balaban J connectivity index is 1.50. The Morgan fingerprint density at radius 3 is 2.73 bits per heavy atom. The molecule has 1 N–H and O–H groups in total. The molecular weight excluding hydrogens is 282 g/mol. The zero-order valence-electron chi connectivity index (χ0n) is 11.9. The third kappa shape index (κ3) is 2.29. The minimum Gasteiger partial charge on any atom is -0.478 e. The number of ether oxygens (including phenoxy) is 2. The molecule has 0 unspecified atom stereocenters. The lowest BCUT2D eigenvalue weighted by molar-refractivity contribution is 0.0696. The van der Waals surface area contributed by atoms with E-state index in [9.17, 15) is 4.79 Å². The van der Waals surface area contributed by atoms with Gasteiger partial charge in [0.15, 0.2) is 11.5 Å². The zero-order chi connectivity index (χ0) is 15.1. The molecule has 2 aliphatic rings. The summed E-state index contributed by atoms with van der Waals surface area (Å²) in [4.78, 5) is 13.3. The molecule has 0 fully saturated rings. The van der Waals surface area contributed by atoms with E-state index in [4.69, 9.17) is 14.6 Å². The Labute approximate surface area is 127 Å². The average molecular weight is 297 g/mol. The van der Waals surface area contributed by atoms with Crippen LogP contribution in [0.2, 0.25) is 0 Å². The molecule has 0 spiro atoms. The van der Waals surface area contributed by atoms with Gasteiger partial charge in [0.1, 0.15) is 0 Å². The molecule has 0 aromatic heterocycles. The average Bonchev–Trinajstić information content (AvgIpc) is 3.11. The van der Waals surface area contributed by atoms with E-state index in [1.807, 2.05) is 24.3 Å². The second-order valence-corrected chi connectivity index (χ2v) is 5.62. The first-order valence-electron chi connectivity index (χ1n) is 7.15. The van der Waals surface area contributed by atoms with E-state index in [1.165, 1.54) is 5.56 Å². The van der Waals surface area contributed by atoms with Crippen molar-refractivity contribution in [2.24, 2.45) is 0 Å². The topological polar surface area (TPSA) is 59.0 Å². The number of aromatic carboxylic acids is 1. The molecule has 0 aliphatic carbocycles. The molecular formula is C17H15NO4. The number of carbonyl (C=O) groups is 1. The SMILES string of the molecule is O=C(O)c1ccc2c(c1)CN(Cc1ccc3c(c1)OCO3)C2. The third-order valence-corrected chi connectivity index (χ3v) is 4.08. The molecule has 5 heteroatoms. The predicted molar refractivity (Wildman–Crippen MR) is 78.9 cm³/mol. The molecule has 2 aliphatic heterocycles. The molecule has 0 atom stereocenters. The summed E-state index contributed by atoms with van der Waals surface area (Å²) < 4.78 is 10.7. The molecule has 22 heavy (non-hydrogen) atoms. The summed E-state index contributed by atoms with van der Waals surface area (Å²) >= 11 is 0. The van der Waals surface area contributed by atoms with E-state index in [-0.39, 0.29) is 6.79 Å². The van der Waals surface area contributed by atoms with Crippen LogP contribution in [-0.4, -0.2) is 22.8 Å². The maximum Gasteiger partial charge on any atom is 0.335 e. The van der Waals surface area contributed by atoms with Crippen LogP contribution in [0.5, 0.6) is 11.5 Å². The smallest absolute Gasteiger partial charge is 0.335 e. The van der Waals surface area contributed by atoms with E-state index >= 15 is 0 Å². The summed E-state index contributed by atoms with van der Waals surface area (Å²) in [7, 11) is 0. The van der Waals surface area contributed by atoms with Gasteiger partial charge in [-0.3, -0.25) is 4.90 Å². The number of carboxylic acids is 1. The number of hydrogen-bond acceptors (Lipinski definition) is 4. The largest absolute Gasteiger partial charge is 0.478 e. The molecule has 2 aromatic carbocycles. The van der Waals surface area contributed by atoms with Crippen LogP contribution in [0.3, 0.4) is 0 Å². The summed E-state index contributed by atoms with van der Waals surface area (Å²) in [5.74, 6) is 0.707. The molecule has 0 bridgehead atoms. The molecule has 0 radical (unpaired) electrons. The van der Waals surface area contributed by atoms with Crippen molar-refractivity contribution < 1.29 is 19.4 Å². The summed E-state index contributed by atoms with van der Waals surface area (Å²) in [6.07, 6.45) is 0. The van der Waals surface area contributed by atoms with Crippen molar-refractivity contribution >= 4 is 5.97 Å². The Bertz CT molecular complexity index is 756. The summed E-state index contributed by atoms with van der Waals surface area (Å²) in [5.41, 5.74) is 3.81. The Hall–Kier alpha value is -2.53. The van der Waals surface area contributed by atoms with Crippen molar-refractivity contribution in [2.75, 3.05) is 6.79 Å². The van der Waals surface area contributed by atoms with Crippen molar-refractivity contribution in [1.82, 2.24) is 4.90 Å². The minimum absolute atomic E-state index is 0.284. The van der Waals surface area contributed by atoms with E-state index in [0.717, 1.165) is 42.3 Å². The Morgan fingerprint density at radius 2 is 1.86 bits per heavy atom. The van der Waals surface area contributed by atoms with Gasteiger partial charge in [0.2, 0.25) is 6.79 Å². The summed E-state index contributed by atoms with van der Waals surface area (Å²) in [6, 6.07) is 11.3. The summed E-state index contributed by atoms with van der Waals surface area (Å²) in [6.45, 7) is 2.69.